The second-order valence-electron chi connectivity index (χ2n) is 14.0. The van der Waals surface area contributed by atoms with E-state index in [-0.39, 0.29) is 0 Å². The molecular weight excluding hydrogens is 627 g/mol. The number of aromatic nitrogens is 1. The molecular formula is C51H35N. The molecule has 244 valence electrons. The lowest BCUT2D eigenvalue weighted by atomic mass is 9.83. The van der Waals surface area contributed by atoms with Crippen LogP contribution >= 0.6 is 0 Å². The van der Waals surface area contributed by atoms with E-state index in [1.807, 2.05) is 12.3 Å². The van der Waals surface area contributed by atoms with Gasteiger partial charge >= 0.3 is 0 Å². The minimum atomic E-state index is 0.970. The highest BCUT2D eigenvalue weighted by atomic mass is 14.6. The average molecular weight is 662 g/mol. The van der Waals surface area contributed by atoms with E-state index >= 15 is 0 Å². The maximum absolute atomic E-state index is 4.74. The van der Waals surface area contributed by atoms with Gasteiger partial charge in [-0.1, -0.05) is 152 Å². The maximum Gasteiger partial charge on any atom is 0.0702 e. The Morgan fingerprint density at radius 3 is 2.08 bits per heavy atom. The molecule has 8 aromatic rings. The Balaban J connectivity index is 1.21. The molecule has 0 saturated carbocycles. The zero-order valence-corrected chi connectivity index (χ0v) is 28.8. The van der Waals surface area contributed by atoms with Gasteiger partial charge < -0.3 is 0 Å². The number of rotatable bonds is 4. The number of benzene rings is 7. The molecule has 0 atom stereocenters. The van der Waals surface area contributed by atoms with Gasteiger partial charge in [-0.05, 0) is 125 Å². The number of pyridine rings is 1. The highest BCUT2D eigenvalue weighted by Crippen LogP contribution is 2.45. The molecule has 0 amide bonds. The smallest absolute Gasteiger partial charge is 0.0702 e. The van der Waals surface area contributed by atoms with Gasteiger partial charge in [0.15, 0.2) is 0 Å². The molecule has 1 aromatic heterocycles. The summed E-state index contributed by atoms with van der Waals surface area (Å²) in [7, 11) is 0. The van der Waals surface area contributed by atoms with E-state index in [1.54, 1.807) is 0 Å². The number of para-hydroxylation sites is 1. The van der Waals surface area contributed by atoms with Crippen molar-refractivity contribution in [2.75, 3.05) is 0 Å². The van der Waals surface area contributed by atoms with Crippen molar-refractivity contribution >= 4 is 60.4 Å². The minimum Gasteiger partial charge on any atom is -0.256 e. The summed E-state index contributed by atoms with van der Waals surface area (Å²) in [4.78, 5) is 4.74. The maximum atomic E-state index is 4.74. The Labute approximate surface area is 303 Å². The normalized spacial score (nSPS) is 14.1. The van der Waals surface area contributed by atoms with Crippen molar-refractivity contribution < 1.29 is 0 Å². The van der Waals surface area contributed by atoms with Crippen molar-refractivity contribution in [1.82, 2.24) is 4.98 Å². The standard InChI is InChI=1S/C51H35N/c1-33-18-19-36(24-26-44(33)43-30-40-14-6-9-17-49(40)52-32-43)39-25-27-47-48(31-39)51(42-23-21-35-11-3-5-13-38(35)29-42)46-16-8-7-15-45(46)50(47)41-22-20-34-10-2-4-12-37(34)28-41/h2-4,6-12,14-32H,1,5,13H2. The number of aryl methyl sites for hydroxylation is 1. The third-order valence-corrected chi connectivity index (χ3v) is 10.8. The van der Waals surface area contributed by atoms with Gasteiger partial charge in [0.25, 0.3) is 0 Å². The van der Waals surface area contributed by atoms with Crippen LogP contribution in [-0.4, -0.2) is 4.98 Å². The first kappa shape index (κ1) is 30.3. The Hall–Kier alpha value is -6.57. The number of fused-ring (bicyclic) bond motifs is 5. The fraction of sp³-hybridized carbons (Fsp3) is 0.0392. The Morgan fingerprint density at radius 2 is 1.19 bits per heavy atom. The first-order valence-electron chi connectivity index (χ1n) is 18.1. The number of hydrogen-bond donors (Lipinski definition) is 0. The molecule has 0 unspecified atom stereocenters. The van der Waals surface area contributed by atoms with E-state index < -0.39 is 0 Å². The summed E-state index contributed by atoms with van der Waals surface area (Å²) in [6.45, 7) is 4.46. The second-order valence-corrected chi connectivity index (χ2v) is 14.0. The van der Waals surface area contributed by atoms with Gasteiger partial charge in [-0.2, -0.15) is 0 Å². The molecule has 0 saturated heterocycles. The van der Waals surface area contributed by atoms with Gasteiger partial charge in [0.1, 0.15) is 0 Å². The summed E-state index contributed by atoms with van der Waals surface area (Å²) in [5, 5.41) is 8.68. The second kappa shape index (κ2) is 12.3. The summed E-state index contributed by atoms with van der Waals surface area (Å²) in [5.41, 5.74) is 14.2. The molecule has 10 rings (SSSR count). The first-order valence-corrected chi connectivity index (χ1v) is 18.1. The molecule has 0 N–H and O–H groups in total. The molecule has 1 heterocycles. The van der Waals surface area contributed by atoms with Crippen LogP contribution in [0.3, 0.4) is 0 Å². The fourth-order valence-electron chi connectivity index (χ4n) is 8.22. The van der Waals surface area contributed by atoms with Crippen molar-refractivity contribution in [3.8, 4) is 22.3 Å². The third kappa shape index (κ3) is 5.13. The minimum absolute atomic E-state index is 0.970. The molecule has 52 heavy (non-hydrogen) atoms. The van der Waals surface area contributed by atoms with Crippen LogP contribution in [0.1, 0.15) is 28.7 Å². The lowest BCUT2D eigenvalue weighted by Gasteiger charge is -2.20. The molecule has 1 nitrogen and oxygen atoms in total. The molecule has 0 radical (unpaired) electrons. The number of hydrogen-bond acceptors (Lipinski definition) is 1. The molecule has 2 aliphatic carbocycles. The zero-order chi connectivity index (χ0) is 34.6. The van der Waals surface area contributed by atoms with Crippen molar-refractivity contribution in [3.05, 3.63) is 204 Å². The zero-order valence-electron chi connectivity index (χ0n) is 28.8. The fourth-order valence-corrected chi connectivity index (χ4v) is 8.22. The van der Waals surface area contributed by atoms with E-state index in [0.29, 0.717) is 0 Å². The largest absolute Gasteiger partial charge is 0.256 e. The monoisotopic (exact) mass is 661 g/mol. The predicted octanol–water partition coefficient (Wildman–Crippen LogP) is 13.6. The molecule has 7 aromatic carbocycles. The van der Waals surface area contributed by atoms with Crippen LogP contribution in [0.25, 0.3) is 82.7 Å². The molecule has 0 aliphatic heterocycles. The van der Waals surface area contributed by atoms with Crippen LogP contribution in [0.5, 0.6) is 0 Å². The van der Waals surface area contributed by atoms with Gasteiger partial charge in [0, 0.05) is 17.1 Å². The van der Waals surface area contributed by atoms with Gasteiger partial charge in [0.05, 0.1) is 5.52 Å². The van der Waals surface area contributed by atoms with Gasteiger partial charge in [0.2, 0.25) is 0 Å². The molecule has 0 spiro atoms. The summed E-state index contributed by atoms with van der Waals surface area (Å²) in [6.07, 6.45) is 17.5. The molecule has 1 heteroatoms. The van der Waals surface area contributed by atoms with Crippen molar-refractivity contribution in [3.63, 3.8) is 0 Å². The lowest BCUT2D eigenvalue weighted by Crippen LogP contribution is -1.96. The Morgan fingerprint density at radius 1 is 0.500 bits per heavy atom. The Kier molecular flexibility index (Phi) is 7.18. The quantitative estimate of drug-likeness (QED) is 0.171. The number of nitrogens with zero attached hydrogens (tertiary/aromatic N) is 1. The van der Waals surface area contributed by atoms with Gasteiger partial charge in [-0.3, -0.25) is 4.98 Å². The van der Waals surface area contributed by atoms with Crippen LogP contribution < -0.4 is 0 Å². The van der Waals surface area contributed by atoms with E-state index in [0.717, 1.165) is 46.0 Å². The first-order chi connectivity index (χ1) is 25.7. The Bertz CT molecular complexity index is 2910. The highest BCUT2D eigenvalue weighted by Gasteiger charge is 2.19. The topological polar surface area (TPSA) is 12.9 Å². The van der Waals surface area contributed by atoms with Crippen molar-refractivity contribution in [1.29, 1.82) is 0 Å². The third-order valence-electron chi connectivity index (χ3n) is 10.8. The van der Waals surface area contributed by atoms with Gasteiger partial charge in [-0.25, -0.2) is 0 Å². The summed E-state index contributed by atoms with van der Waals surface area (Å²) in [5.74, 6) is 0. The summed E-state index contributed by atoms with van der Waals surface area (Å²) >= 11 is 0. The van der Waals surface area contributed by atoms with E-state index in [9.17, 15) is 0 Å². The van der Waals surface area contributed by atoms with Crippen LogP contribution in [0, 0.1) is 0 Å². The van der Waals surface area contributed by atoms with Gasteiger partial charge in [-0.15, -0.1) is 0 Å². The number of allylic oxidation sites excluding steroid dienone is 8. The summed E-state index contributed by atoms with van der Waals surface area (Å²) in [6, 6.07) is 49.1. The summed E-state index contributed by atoms with van der Waals surface area (Å²) < 4.78 is 0. The van der Waals surface area contributed by atoms with Crippen LogP contribution in [0.2, 0.25) is 0 Å². The predicted molar refractivity (Wildman–Crippen MR) is 223 cm³/mol. The SMILES string of the molecule is C=C1C=CC(c2ccc3c(-c4ccc5ccccc5c4)c4ccccc4c(-c4ccc5c(c4)CCC=C5)c3c2)=CC=C1c1cnc2ccccc2c1. The van der Waals surface area contributed by atoms with E-state index in [4.69, 9.17) is 4.98 Å². The lowest BCUT2D eigenvalue weighted by molar-refractivity contribution is 0.986. The molecule has 0 bridgehead atoms. The van der Waals surface area contributed by atoms with Crippen molar-refractivity contribution in [2.45, 2.75) is 12.8 Å². The van der Waals surface area contributed by atoms with Crippen LogP contribution in [0.15, 0.2) is 182 Å². The van der Waals surface area contributed by atoms with Crippen LogP contribution in [-0.2, 0) is 6.42 Å². The average Bonchev–Trinajstić information content (AvgIpc) is 3.40. The van der Waals surface area contributed by atoms with Crippen LogP contribution in [0.4, 0.5) is 0 Å². The van der Waals surface area contributed by atoms with E-state index in [1.165, 1.54) is 71.3 Å². The van der Waals surface area contributed by atoms with Crippen molar-refractivity contribution in [2.24, 2.45) is 0 Å². The van der Waals surface area contributed by atoms with E-state index in [2.05, 4.69) is 170 Å². The molecule has 0 fully saturated rings. The molecule has 2 aliphatic rings. The highest BCUT2D eigenvalue weighted by molar-refractivity contribution is 6.22.